The van der Waals surface area contributed by atoms with Gasteiger partial charge in [-0.15, -0.1) is 6.58 Å². The van der Waals surface area contributed by atoms with E-state index in [0.717, 1.165) is 27.6 Å². The molecule has 0 atom stereocenters. The fourth-order valence-electron chi connectivity index (χ4n) is 2.17. The van der Waals surface area contributed by atoms with Crippen molar-refractivity contribution in [2.75, 3.05) is 0 Å². The minimum Gasteiger partial charge on any atom is -0.487 e. The zero-order chi connectivity index (χ0) is 15.2. The van der Waals surface area contributed by atoms with Crippen LogP contribution in [-0.2, 0) is 13.0 Å². The highest BCUT2D eigenvalue weighted by Crippen LogP contribution is 2.32. The molecule has 0 spiro atoms. The molecule has 2 nitrogen and oxygen atoms in total. The van der Waals surface area contributed by atoms with Crippen LogP contribution in [0.5, 0.6) is 5.75 Å². The molecule has 0 N–H and O–H groups in total. The van der Waals surface area contributed by atoms with Crippen molar-refractivity contribution >= 4 is 22.2 Å². The van der Waals surface area contributed by atoms with Crippen LogP contribution in [0.2, 0.25) is 0 Å². The lowest BCUT2D eigenvalue weighted by atomic mass is 10.1. The highest BCUT2D eigenvalue weighted by Gasteiger charge is 2.10. The van der Waals surface area contributed by atoms with E-state index in [0.29, 0.717) is 18.6 Å². The average Bonchev–Trinajstić information content (AvgIpc) is 2.46. The molecule has 0 aliphatic heterocycles. The van der Waals surface area contributed by atoms with E-state index in [4.69, 9.17) is 4.74 Å². The molecule has 0 aliphatic rings. The minimum absolute atomic E-state index is 0.491. The summed E-state index contributed by atoms with van der Waals surface area (Å²) >= 11 is 3.48. The van der Waals surface area contributed by atoms with Gasteiger partial charge in [-0.3, -0.25) is 4.79 Å². The topological polar surface area (TPSA) is 26.3 Å². The standard InChI is InChI=1S/C18H17BrO2/c1-3-5-16-9-15(11-20)10-17(19)18(16)21-12-14-7-4-6-13(2)8-14/h3-4,6-11H,1,5,12H2,2H3. The van der Waals surface area contributed by atoms with Crippen LogP contribution >= 0.6 is 15.9 Å². The molecular formula is C18H17BrO2. The molecule has 3 heteroatoms. The Morgan fingerprint density at radius 2 is 2.10 bits per heavy atom. The van der Waals surface area contributed by atoms with Crippen LogP contribution < -0.4 is 4.74 Å². The molecule has 0 bridgehead atoms. The van der Waals surface area contributed by atoms with E-state index in [-0.39, 0.29) is 0 Å². The molecule has 2 aromatic rings. The minimum atomic E-state index is 0.491. The summed E-state index contributed by atoms with van der Waals surface area (Å²) < 4.78 is 6.74. The number of benzene rings is 2. The van der Waals surface area contributed by atoms with Crippen molar-refractivity contribution in [3.63, 3.8) is 0 Å². The normalized spacial score (nSPS) is 10.2. The Morgan fingerprint density at radius 3 is 2.76 bits per heavy atom. The van der Waals surface area contributed by atoms with Gasteiger partial charge in [0.2, 0.25) is 0 Å². The molecule has 0 amide bonds. The van der Waals surface area contributed by atoms with E-state index in [1.54, 1.807) is 12.1 Å². The van der Waals surface area contributed by atoms with Gasteiger partial charge in [-0.25, -0.2) is 0 Å². The van der Waals surface area contributed by atoms with Gasteiger partial charge < -0.3 is 4.74 Å². The van der Waals surface area contributed by atoms with Gasteiger partial charge in [0, 0.05) is 5.56 Å². The van der Waals surface area contributed by atoms with E-state index >= 15 is 0 Å². The predicted molar refractivity (Wildman–Crippen MR) is 88.9 cm³/mol. The summed E-state index contributed by atoms with van der Waals surface area (Å²) in [4.78, 5) is 11.0. The Labute approximate surface area is 133 Å². The number of aldehydes is 1. The van der Waals surface area contributed by atoms with E-state index in [2.05, 4.69) is 41.6 Å². The summed E-state index contributed by atoms with van der Waals surface area (Å²) in [5.41, 5.74) is 3.90. The molecule has 0 saturated carbocycles. The van der Waals surface area contributed by atoms with E-state index < -0.39 is 0 Å². The van der Waals surface area contributed by atoms with Gasteiger partial charge in [0.15, 0.2) is 0 Å². The van der Waals surface area contributed by atoms with E-state index in [9.17, 15) is 4.79 Å². The number of rotatable bonds is 6. The second-order valence-corrected chi connectivity index (χ2v) is 5.73. The number of aryl methyl sites for hydroxylation is 1. The lowest BCUT2D eigenvalue weighted by Gasteiger charge is -2.14. The largest absolute Gasteiger partial charge is 0.487 e. The van der Waals surface area contributed by atoms with Crippen LogP contribution in [0.25, 0.3) is 0 Å². The Balaban J connectivity index is 2.26. The molecule has 21 heavy (non-hydrogen) atoms. The van der Waals surface area contributed by atoms with E-state index in [1.165, 1.54) is 5.56 Å². The first-order valence-corrected chi connectivity index (χ1v) is 7.50. The quantitative estimate of drug-likeness (QED) is 0.551. The monoisotopic (exact) mass is 344 g/mol. The summed E-state index contributed by atoms with van der Waals surface area (Å²) in [6.45, 7) is 6.30. The molecule has 0 unspecified atom stereocenters. The van der Waals surface area contributed by atoms with Crippen LogP contribution in [0.15, 0.2) is 53.5 Å². The number of carbonyl (C=O) groups excluding carboxylic acids is 1. The summed E-state index contributed by atoms with van der Waals surface area (Å²) in [6.07, 6.45) is 3.29. The summed E-state index contributed by atoms with van der Waals surface area (Å²) in [7, 11) is 0. The maximum atomic E-state index is 11.0. The van der Waals surface area contributed by atoms with Gasteiger partial charge in [0.05, 0.1) is 4.47 Å². The molecule has 0 heterocycles. The third-order valence-electron chi connectivity index (χ3n) is 3.11. The van der Waals surface area contributed by atoms with Crippen molar-refractivity contribution in [2.24, 2.45) is 0 Å². The summed E-state index contributed by atoms with van der Waals surface area (Å²) in [6, 6.07) is 11.8. The molecule has 0 fully saturated rings. The molecule has 0 saturated heterocycles. The maximum Gasteiger partial charge on any atom is 0.150 e. The molecule has 0 aliphatic carbocycles. The van der Waals surface area contributed by atoms with E-state index in [1.807, 2.05) is 18.2 Å². The Kier molecular flexibility index (Phi) is 5.34. The van der Waals surface area contributed by atoms with Crippen LogP contribution in [0.3, 0.4) is 0 Å². The van der Waals surface area contributed by atoms with Crippen molar-refractivity contribution in [2.45, 2.75) is 20.0 Å². The SMILES string of the molecule is C=CCc1cc(C=O)cc(Br)c1OCc1cccc(C)c1. The number of hydrogen-bond donors (Lipinski definition) is 0. The molecule has 0 radical (unpaired) electrons. The number of hydrogen-bond acceptors (Lipinski definition) is 2. The fourth-order valence-corrected chi connectivity index (χ4v) is 2.80. The molecule has 2 aromatic carbocycles. The van der Waals surface area contributed by atoms with Crippen LogP contribution in [-0.4, -0.2) is 6.29 Å². The first kappa shape index (κ1) is 15.5. The van der Waals surface area contributed by atoms with Crippen LogP contribution in [0, 0.1) is 6.92 Å². The highest BCUT2D eigenvalue weighted by atomic mass is 79.9. The lowest BCUT2D eigenvalue weighted by molar-refractivity contribution is 0.112. The highest BCUT2D eigenvalue weighted by molar-refractivity contribution is 9.10. The third-order valence-corrected chi connectivity index (χ3v) is 3.70. The fraction of sp³-hybridized carbons (Fsp3) is 0.167. The van der Waals surface area contributed by atoms with Gasteiger partial charge >= 0.3 is 0 Å². The number of ether oxygens (including phenoxy) is 1. The van der Waals surface area contributed by atoms with Crippen molar-refractivity contribution in [1.29, 1.82) is 0 Å². The Bertz CT molecular complexity index is 662. The zero-order valence-corrected chi connectivity index (χ0v) is 13.5. The van der Waals surface area contributed by atoms with Crippen LogP contribution in [0.4, 0.5) is 0 Å². The first-order valence-electron chi connectivity index (χ1n) is 6.71. The molecule has 0 aromatic heterocycles. The van der Waals surface area contributed by atoms with Gasteiger partial charge in [-0.2, -0.15) is 0 Å². The second kappa shape index (κ2) is 7.23. The van der Waals surface area contributed by atoms with Crippen LogP contribution in [0.1, 0.15) is 27.0 Å². The van der Waals surface area contributed by atoms with Gasteiger partial charge in [0.25, 0.3) is 0 Å². The smallest absolute Gasteiger partial charge is 0.150 e. The summed E-state index contributed by atoms with van der Waals surface area (Å²) in [5, 5.41) is 0. The maximum absolute atomic E-state index is 11.0. The summed E-state index contributed by atoms with van der Waals surface area (Å²) in [5.74, 6) is 0.766. The van der Waals surface area contributed by atoms with Gasteiger partial charge in [-0.05, 0) is 52.5 Å². The number of allylic oxidation sites excluding steroid dienone is 1. The Hall–Kier alpha value is -1.87. The van der Waals surface area contributed by atoms with Crippen molar-refractivity contribution in [3.8, 4) is 5.75 Å². The average molecular weight is 345 g/mol. The Morgan fingerprint density at radius 1 is 1.29 bits per heavy atom. The zero-order valence-electron chi connectivity index (χ0n) is 11.9. The molecule has 2 rings (SSSR count). The van der Waals surface area contributed by atoms with Gasteiger partial charge in [0.1, 0.15) is 18.6 Å². The van der Waals surface area contributed by atoms with Gasteiger partial charge in [-0.1, -0.05) is 35.9 Å². The van der Waals surface area contributed by atoms with Crippen molar-refractivity contribution in [1.82, 2.24) is 0 Å². The number of carbonyl (C=O) groups is 1. The third kappa shape index (κ3) is 4.05. The first-order chi connectivity index (χ1) is 10.1. The molecule has 108 valence electrons. The van der Waals surface area contributed by atoms with Crippen molar-refractivity contribution < 1.29 is 9.53 Å². The number of halogens is 1. The molecular weight excluding hydrogens is 328 g/mol. The lowest BCUT2D eigenvalue weighted by Crippen LogP contribution is -2.01. The predicted octanol–water partition coefficient (Wildman–Crippen LogP) is 4.88. The second-order valence-electron chi connectivity index (χ2n) is 4.88. The van der Waals surface area contributed by atoms with Crippen molar-refractivity contribution in [3.05, 3.63) is 75.8 Å².